The Balaban J connectivity index is 2.76. The SMILES string of the molecule is CC(=O)Nc1sccc1SC=O. The van der Waals surface area contributed by atoms with E-state index in [2.05, 4.69) is 5.32 Å². The second kappa shape index (κ2) is 4.27. The number of hydrogen-bond donors (Lipinski definition) is 1. The Morgan fingerprint density at radius 3 is 3.08 bits per heavy atom. The van der Waals surface area contributed by atoms with E-state index < -0.39 is 0 Å². The Labute approximate surface area is 78.2 Å². The van der Waals surface area contributed by atoms with E-state index in [-0.39, 0.29) is 5.91 Å². The first-order valence-corrected chi connectivity index (χ1v) is 4.95. The topological polar surface area (TPSA) is 46.2 Å². The van der Waals surface area contributed by atoms with Crippen molar-refractivity contribution in [3.05, 3.63) is 11.4 Å². The minimum Gasteiger partial charge on any atom is -0.317 e. The van der Waals surface area contributed by atoms with Gasteiger partial charge in [0.2, 0.25) is 5.91 Å². The fourth-order valence-electron chi connectivity index (χ4n) is 0.693. The lowest BCUT2D eigenvalue weighted by atomic mass is 10.6. The summed E-state index contributed by atoms with van der Waals surface area (Å²) in [6.07, 6.45) is 0. The molecule has 1 N–H and O–H groups in total. The molecule has 0 atom stereocenters. The molecule has 0 fully saturated rings. The molecule has 1 amide bonds. The first-order chi connectivity index (χ1) is 5.74. The van der Waals surface area contributed by atoms with E-state index in [0.717, 1.165) is 27.3 Å². The van der Waals surface area contributed by atoms with Gasteiger partial charge in [0.1, 0.15) is 5.00 Å². The maximum atomic E-state index is 10.7. The third kappa shape index (κ3) is 2.35. The summed E-state index contributed by atoms with van der Waals surface area (Å²) in [5.74, 6) is -0.120. The van der Waals surface area contributed by atoms with Crippen molar-refractivity contribution >= 4 is 39.6 Å². The molecule has 3 nitrogen and oxygen atoms in total. The van der Waals surface area contributed by atoms with Crippen molar-refractivity contribution in [2.75, 3.05) is 5.32 Å². The van der Waals surface area contributed by atoms with Gasteiger partial charge in [-0.1, -0.05) is 11.8 Å². The lowest BCUT2D eigenvalue weighted by Gasteiger charge is -1.98. The molecule has 0 radical (unpaired) electrons. The zero-order valence-electron chi connectivity index (χ0n) is 6.37. The Hall–Kier alpha value is -0.810. The lowest BCUT2D eigenvalue weighted by molar-refractivity contribution is -0.114. The summed E-state index contributed by atoms with van der Waals surface area (Å²) in [5, 5.41) is 5.20. The fourth-order valence-corrected chi connectivity index (χ4v) is 2.20. The van der Waals surface area contributed by atoms with Crippen LogP contribution in [-0.4, -0.2) is 11.5 Å². The van der Waals surface area contributed by atoms with Gasteiger partial charge in [-0.15, -0.1) is 11.3 Å². The van der Waals surface area contributed by atoms with Crippen LogP contribution in [0.3, 0.4) is 0 Å². The molecule has 1 aromatic rings. The molecule has 0 saturated heterocycles. The predicted molar refractivity (Wildman–Crippen MR) is 51.2 cm³/mol. The van der Waals surface area contributed by atoms with E-state index in [1.807, 2.05) is 5.38 Å². The quantitative estimate of drug-likeness (QED) is 0.601. The molecule has 0 aliphatic heterocycles. The number of anilines is 1. The van der Waals surface area contributed by atoms with Gasteiger partial charge in [-0.3, -0.25) is 9.59 Å². The normalized spacial score (nSPS) is 9.42. The number of nitrogens with one attached hydrogen (secondary N) is 1. The molecule has 0 aliphatic carbocycles. The first-order valence-electron chi connectivity index (χ1n) is 3.19. The molecule has 12 heavy (non-hydrogen) atoms. The second-order valence-corrected chi connectivity index (χ2v) is 3.79. The number of carbonyl (C=O) groups excluding carboxylic acids is 2. The number of thiophene rings is 1. The maximum absolute atomic E-state index is 10.7. The van der Waals surface area contributed by atoms with Gasteiger partial charge in [0.05, 0.1) is 0 Å². The first kappa shape index (κ1) is 9.28. The smallest absolute Gasteiger partial charge is 0.221 e. The Kier molecular flexibility index (Phi) is 3.31. The van der Waals surface area contributed by atoms with Crippen molar-refractivity contribution in [2.24, 2.45) is 0 Å². The van der Waals surface area contributed by atoms with Crippen molar-refractivity contribution in [1.82, 2.24) is 0 Å². The number of rotatable bonds is 3. The molecular formula is C7H7NO2S2. The van der Waals surface area contributed by atoms with E-state index in [1.54, 1.807) is 6.07 Å². The molecule has 1 heterocycles. The van der Waals surface area contributed by atoms with Crippen LogP contribution in [0.2, 0.25) is 0 Å². The number of thioether (sulfide) groups is 1. The summed E-state index contributed by atoms with van der Waals surface area (Å²) in [4.78, 5) is 21.6. The molecule has 0 aromatic carbocycles. The van der Waals surface area contributed by atoms with Crippen molar-refractivity contribution in [1.29, 1.82) is 0 Å². The Morgan fingerprint density at radius 1 is 1.75 bits per heavy atom. The third-order valence-corrected chi connectivity index (χ3v) is 2.74. The molecule has 0 aliphatic rings. The van der Waals surface area contributed by atoms with Gasteiger partial charge in [0.25, 0.3) is 0 Å². The highest BCUT2D eigenvalue weighted by molar-refractivity contribution is 8.12. The minimum atomic E-state index is -0.120. The highest BCUT2D eigenvalue weighted by atomic mass is 32.2. The van der Waals surface area contributed by atoms with Crippen LogP contribution in [0.15, 0.2) is 16.3 Å². The van der Waals surface area contributed by atoms with Gasteiger partial charge in [-0.25, -0.2) is 0 Å². The highest BCUT2D eigenvalue weighted by Gasteiger charge is 2.04. The van der Waals surface area contributed by atoms with Gasteiger partial charge in [0.15, 0.2) is 5.62 Å². The molecule has 0 unspecified atom stereocenters. The molecular weight excluding hydrogens is 194 g/mol. The lowest BCUT2D eigenvalue weighted by Crippen LogP contribution is -2.04. The van der Waals surface area contributed by atoms with E-state index in [1.165, 1.54) is 18.3 Å². The van der Waals surface area contributed by atoms with Crippen LogP contribution >= 0.6 is 23.1 Å². The molecule has 0 saturated carbocycles. The summed E-state index contributed by atoms with van der Waals surface area (Å²) in [7, 11) is 0. The molecule has 64 valence electrons. The maximum Gasteiger partial charge on any atom is 0.221 e. The van der Waals surface area contributed by atoms with Crippen LogP contribution in [0.5, 0.6) is 0 Å². The minimum absolute atomic E-state index is 0.120. The largest absolute Gasteiger partial charge is 0.317 e. The molecule has 5 heteroatoms. The molecule has 1 rings (SSSR count). The summed E-state index contributed by atoms with van der Waals surface area (Å²) >= 11 is 2.47. The average Bonchev–Trinajstić information content (AvgIpc) is 2.37. The summed E-state index contributed by atoms with van der Waals surface area (Å²) < 4.78 is 0. The van der Waals surface area contributed by atoms with Gasteiger partial charge < -0.3 is 5.32 Å². The molecule has 1 aromatic heterocycles. The van der Waals surface area contributed by atoms with E-state index in [4.69, 9.17) is 0 Å². The van der Waals surface area contributed by atoms with Crippen LogP contribution in [0, 0.1) is 0 Å². The summed E-state index contributed by atoms with van der Waals surface area (Å²) in [6.45, 7) is 1.44. The third-order valence-electron chi connectivity index (χ3n) is 1.09. The molecule has 0 bridgehead atoms. The number of carbonyl (C=O) groups is 2. The number of amides is 1. The van der Waals surface area contributed by atoms with Gasteiger partial charge in [-0.05, 0) is 11.4 Å². The van der Waals surface area contributed by atoms with Crippen LogP contribution in [0.4, 0.5) is 5.00 Å². The van der Waals surface area contributed by atoms with Gasteiger partial charge in [0, 0.05) is 11.8 Å². The predicted octanol–water partition coefficient (Wildman–Crippen LogP) is 1.99. The zero-order valence-corrected chi connectivity index (χ0v) is 8.00. The van der Waals surface area contributed by atoms with E-state index >= 15 is 0 Å². The van der Waals surface area contributed by atoms with Gasteiger partial charge in [-0.2, -0.15) is 0 Å². The van der Waals surface area contributed by atoms with Crippen molar-refractivity contribution in [3.8, 4) is 0 Å². The van der Waals surface area contributed by atoms with Crippen molar-refractivity contribution in [3.63, 3.8) is 0 Å². The Morgan fingerprint density at radius 2 is 2.50 bits per heavy atom. The summed E-state index contributed by atoms with van der Waals surface area (Å²) in [5.41, 5.74) is 0.743. The molecule has 0 spiro atoms. The average molecular weight is 201 g/mol. The fraction of sp³-hybridized carbons (Fsp3) is 0.143. The summed E-state index contributed by atoms with van der Waals surface area (Å²) in [6, 6.07) is 1.80. The van der Waals surface area contributed by atoms with Crippen LogP contribution < -0.4 is 5.32 Å². The zero-order chi connectivity index (χ0) is 8.97. The van der Waals surface area contributed by atoms with Gasteiger partial charge >= 0.3 is 0 Å². The van der Waals surface area contributed by atoms with E-state index in [0.29, 0.717) is 0 Å². The Bertz CT molecular complexity index is 295. The second-order valence-electron chi connectivity index (χ2n) is 2.01. The van der Waals surface area contributed by atoms with E-state index in [9.17, 15) is 9.59 Å². The van der Waals surface area contributed by atoms with Crippen LogP contribution in [-0.2, 0) is 9.59 Å². The van der Waals surface area contributed by atoms with Crippen LogP contribution in [0.25, 0.3) is 0 Å². The van der Waals surface area contributed by atoms with Crippen molar-refractivity contribution in [2.45, 2.75) is 11.8 Å². The highest BCUT2D eigenvalue weighted by Crippen LogP contribution is 2.30. The standard InChI is InChI=1S/C7H7NO2S2/c1-5(10)8-7-6(12-4-9)2-3-11-7/h2-4H,1H3,(H,8,10). The van der Waals surface area contributed by atoms with Crippen molar-refractivity contribution < 1.29 is 9.59 Å². The monoisotopic (exact) mass is 201 g/mol. The number of hydrogen-bond acceptors (Lipinski definition) is 4. The van der Waals surface area contributed by atoms with Crippen LogP contribution in [0.1, 0.15) is 6.92 Å².